The van der Waals surface area contributed by atoms with Crippen molar-refractivity contribution in [3.63, 3.8) is 0 Å². The highest BCUT2D eigenvalue weighted by Crippen LogP contribution is 2.34. The molecule has 9 heteroatoms. The summed E-state index contributed by atoms with van der Waals surface area (Å²) in [5.74, 6) is -0.117. The molecule has 0 saturated heterocycles. The van der Waals surface area contributed by atoms with Crippen molar-refractivity contribution in [2.75, 3.05) is 13.7 Å². The van der Waals surface area contributed by atoms with Crippen LogP contribution in [0.15, 0.2) is 57.5 Å². The Morgan fingerprint density at radius 3 is 2.41 bits per heavy atom. The number of nitrogens with zero attached hydrogens (tertiary/aromatic N) is 2. The van der Waals surface area contributed by atoms with Crippen molar-refractivity contribution < 1.29 is 14.3 Å². The monoisotopic (exact) mass is 516 g/mol. The van der Waals surface area contributed by atoms with Gasteiger partial charge in [0.05, 0.1) is 45.6 Å². The largest absolute Gasteiger partial charge is 0.494 e. The van der Waals surface area contributed by atoms with Crippen molar-refractivity contribution in [2.24, 2.45) is 4.99 Å². The highest BCUT2D eigenvalue weighted by atomic mass is 35.5. The number of allylic oxidation sites excluding steroid dienone is 1. The summed E-state index contributed by atoms with van der Waals surface area (Å²) < 4.78 is 12.5. The van der Waals surface area contributed by atoms with E-state index >= 15 is 0 Å². The van der Waals surface area contributed by atoms with Crippen molar-refractivity contribution in [3.8, 4) is 5.75 Å². The molecular weight excluding hydrogens is 495 g/mol. The number of methoxy groups -OCH3 is 1. The minimum Gasteiger partial charge on any atom is -0.494 e. The second-order valence-electron chi connectivity index (χ2n) is 7.73. The molecule has 0 spiro atoms. The number of hydrogen-bond acceptors (Lipinski definition) is 6. The van der Waals surface area contributed by atoms with Gasteiger partial charge >= 0.3 is 5.97 Å². The molecule has 1 aliphatic rings. The van der Waals surface area contributed by atoms with Crippen LogP contribution in [0.4, 0.5) is 0 Å². The number of carbonyl (C=O) groups excluding carboxylic acids is 1. The average Bonchev–Trinajstić information content (AvgIpc) is 3.08. The van der Waals surface area contributed by atoms with E-state index in [1.165, 1.54) is 18.4 Å². The lowest BCUT2D eigenvalue weighted by Crippen LogP contribution is -2.39. The number of benzene rings is 2. The Morgan fingerprint density at radius 2 is 1.82 bits per heavy atom. The number of rotatable bonds is 5. The van der Waals surface area contributed by atoms with Gasteiger partial charge in [-0.15, -0.1) is 0 Å². The zero-order valence-electron chi connectivity index (χ0n) is 19.0. The van der Waals surface area contributed by atoms with E-state index in [2.05, 4.69) is 4.99 Å². The van der Waals surface area contributed by atoms with E-state index in [4.69, 9.17) is 32.7 Å². The Morgan fingerprint density at radius 1 is 1.18 bits per heavy atom. The molecule has 0 saturated carbocycles. The van der Waals surface area contributed by atoms with E-state index in [1.54, 1.807) is 36.6 Å². The zero-order chi connectivity index (χ0) is 24.6. The molecule has 0 aliphatic carbocycles. The molecule has 176 valence electrons. The van der Waals surface area contributed by atoms with E-state index in [-0.39, 0.29) is 12.2 Å². The molecule has 1 atom stereocenters. The van der Waals surface area contributed by atoms with E-state index in [0.29, 0.717) is 42.0 Å². The smallest absolute Gasteiger partial charge is 0.338 e. The van der Waals surface area contributed by atoms with E-state index in [1.807, 2.05) is 31.2 Å². The van der Waals surface area contributed by atoms with Gasteiger partial charge in [0.1, 0.15) is 0 Å². The molecule has 1 aromatic heterocycles. The van der Waals surface area contributed by atoms with E-state index in [9.17, 15) is 9.59 Å². The summed E-state index contributed by atoms with van der Waals surface area (Å²) in [6.07, 6.45) is 1.70. The van der Waals surface area contributed by atoms with Gasteiger partial charge in [-0.05, 0) is 50.1 Å². The van der Waals surface area contributed by atoms with Crippen LogP contribution in [-0.2, 0) is 9.53 Å². The summed E-state index contributed by atoms with van der Waals surface area (Å²) in [4.78, 5) is 31.6. The van der Waals surface area contributed by atoms with Crippen molar-refractivity contribution in [2.45, 2.75) is 26.8 Å². The first-order valence-corrected chi connectivity index (χ1v) is 12.1. The van der Waals surface area contributed by atoms with Gasteiger partial charge in [-0.3, -0.25) is 9.36 Å². The lowest BCUT2D eigenvalue weighted by Gasteiger charge is -2.24. The molecule has 0 N–H and O–H groups in total. The second kappa shape index (κ2) is 9.78. The van der Waals surface area contributed by atoms with Crippen LogP contribution in [0.1, 0.15) is 36.6 Å². The van der Waals surface area contributed by atoms with Crippen molar-refractivity contribution in [1.82, 2.24) is 4.57 Å². The number of aryl methyl sites for hydroxylation is 1. The third-order valence-electron chi connectivity index (χ3n) is 5.43. The fraction of sp³-hybridized carbons (Fsp3) is 0.240. The molecule has 0 amide bonds. The van der Waals surface area contributed by atoms with Crippen molar-refractivity contribution in [3.05, 3.63) is 94.1 Å². The molecule has 0 fully saturated rings. The zero-order valence-corrected chi connectivity index (χ0v) is 21.3. The van der Waals surface area contributed by atoms with Crippen LogP contribution < -0.4 is 19.6 Å². The van der Waals surface area contributed by atoms with Crippen molar-refractivity contribution in [1.29, 1.82) is 0 Å². The minimum absolute atomic E-state index is 0.222. The van der Waals surface area contributed by atoms with Gasteiger partial charge in [-0.1, -0.05) is 64.4 Å². The Balaban J connectivity index is 1.94. The number of ether oxygens (including phenoxy) is 2. The molecule has 0 bridgehead atoms. The number of aromatic nitrogens is 1. The van der Waals surface area contributed by atoms with Gasteiger partial charge in [0.2, 0.25) is 0 Å². The molecular formula is C25H22Cl2N2O4S. The van der Waals surface area contributed by atoms with Crippen molar-refractivity contribution >= 4 is 46.6 Å². The summed E-state index contributed by atoms with van der Waals surface area (Å²) in [6.45, 7) is 5.70. The first kappa shape index (κ1) is 24.3. The molecule has 3 aromatic rings. The molecule has 0 radical (unpaired) electrons. The Kier molecular flexibility index (Phi) is 6.98. The molecule has 2 aromatic carbocycles. The molecule has 1 aliphatic heterocycles. The topological polar surface area (TPSA) is 69.9 Å². The Bertz CT molecular complexity index is 1460. The number of carbonyl (C=O) groups is 1. The number of esters is 1. The minimum atomic E-state index is -0.652. The molecule has 6 nitrogen and oxygen atoms in total. The quantitative estimate of drug-likeness (QED) is 0.470. The number of halogens is 2. The Labute approximate surface area is 210 Å². The molecule has 4 rings (SSSR count). The third-order valence-corrected chi connectivity index (χ3v) is 6.98. The summed E-state index contributed by atoms with van der Waals surface area (Å²) in [7, 11) is 1.49. The Hall–Kier alpha value is -2.87. The predicted octanol–water partition coefficient (Wildman–Crippen LogP) is 4.42. The summed E-state index contributed by atoms with van der Waals surface area (Å²) in [6, 6.07) is 10.4. The van der Waals surface area contributed by atoms with Gasteiger partial charge in [-0.2, -0.15) is 0 Å². The van der Waals surface area contributed by atoms with E-state index in [0.717, 1.165) is 11.1 Å². The van der Waals surface area contributed by atoms with Crippen LogP contribution in [0, 0.1) is 6.92 Å². The van der Waals surface area contributed by atoms with Crippen LogP contribution in [0.5, 0.6) is 5.75 Å². The first-order chi connectivity index (χ1) is 16.2. The first-order valence-electron chi connectivity index (χ1n) is 10.5. The fourth-order valence-corrected chi connectivity index (χ4v) is 5.57. The SMILES string of the molecule is CCOC(=O)C1=C(C)N=c2s/c(=C/c3cc(Cl)c(OC)c(Cl)c3)c(=O)n2[C@@H]1c1ccc(C)cc1. The highest BCUT2D eigenvalue weighted by Gasteiger charge is 2.33. The fourth-order valence-electron chi connectivity index (χ4n) is 3.86. The summed E-state index contributed by atoms with van der Waals surface area (Å²) in [5, 5.41) is 0.680. The van der Waals surface area contributed by atoms with Crippen LogP contribution >= 0.6 is 34.5 Å². The molecule has 2 heterocycles. The van der Waals surface area contributed by atoms with Gasteiger partial charge in [0.25, 0.3) is 5.56 Å². The van der Waals surface area contributed by atoms with Crippen LogP contribution in [0.3, 0.4) is 0 Å². The summed E-state index contributed by atoms with van der Waals surface area (Å²) >= 11 is 13.8. The number of fused-ring (bicyclic) bond motifs is 1. The van der Waals surface area contributed by atoms with E-state index < -0.39 is 12.0 Å². The van der Waals surface area contributed by atoms with Crippen LogP contribution in [0.25, 0.3) is 6.08 Å². The lowest BCUT2D eigenvalue weighted by molar-refractivity contribution is -0.139. The van der Waals surface area contributed by atoms with Gasteiger partial charge in [0, 0.05) is 0 Å². The maximum atomic E-state index is 13.6. The normalized spacial score (nSPS) is 15.7. The standard InChI is InChI=1S/C25H22Cl2N2O4S/c1-5-33-24(31)20-14(3)28-25-29(21(20)16-8-6-13(2)7-9-16)23(30)19(34-25)12-15-10-17(26)22(32-4)18(27)11-15/h6-12,21H,5H2,1-4H3/b19-12+/t21-/m1/s1. The van der Waals surface area contributed by atoms with Crippen LogP contribution in [-0.4, -0.2) is 24.3 Å². The maximum Gasteiger partial charge on any atom is 0.338 e. The maximum absolute atomic E-state index is 13.6. The lowest BCUT2D eigenvalue weighted by atomic mass is 9.95. The molecule has 0 unspecified atom stereocenters. The molecule has 34 heavy (non-hydrogen) atoms. The second-order valence-corrected chi connectivity index (χ2v) is 9.55. The number of thiazole rings is 1. The van der Waals surface area contributed by atoms with Gasteiger partial charge in [-0.25, -0.2) is 9.79 Å². The van der Waals surface area contributed by atoms with Gasteiger partial charge < -0.3 is 9.47 Å². The third kappa shape index (κ3) is 4.43. The highest BCUT2D eigenvalue weighted by molar-refractivity contribution is 7.07. The van der Waals surface area contributed by atoms with Gasteiger partial charge in [0.15, 0.2) is 10.6 Å². The van der Waals surface area contributed by atoms with Crippen LogP contribution in [0.2, 0.25) is 10.0 Å². The summed E-state index contributed by atoms with van der Waals surface area (Å²) in [5.41, 5.74) is 3.11. The predicted molar refractivity (Wildman–Crippen MR) is 135 cm³/mol. The average molecular weight is 517 g/mol. The number of hydrogen-bond donors (Lipinski definition) is 0.